The number of anilines is 1. The van der Waals surface area contributed by atoms with Crippen LogP contribution in [0, 0.1) is 5.92 Å². The maximum absolute atomic E-state index is 13.4. The molecule has 1 saturated heterocycles. The summed E-state index contributed by atoms with van der Waals surface area (Å²) in [5.41, 5.74) is 2.48. The third-order valence-electron chi connectivity index (χ3n) is 7.48. The van der Waals surface area contributed by atoms with Gasteiger partial charge in [-0.25, -0.2) is 0 Å². The highest BCUT2D eigenvalue weighted by molar-refractivity contribution is 5.98. The first-order valence-electron chi connectivity index (χ1n) is 13.9. The summed E-state index contributed by atoms with van der Waals surface area (Å²) in [7, 11) is 2.15. The van der Waals surface area contributed by atoms with Gasteiger partial charge in [0, 0.05) is 30.9 Å². The molecule has 0 bridgehead atoms. The number of ether oxygens (including phenoxy) is 1. The van der Waals surface area contributed by atoms with Gasteiger partial charge in [-0.1, -0.05) is 37.5 Å². The van der Waals surface area contributed by atoms with Crippen LogP contribution in [0.15, 0.2) is 48.5 Å². The largest absolute Gasteiger partial charge is 0.484 e. The fourth-order valence-electron chi connectivity index (χ4n) is 5.13. The van der Waals surface area contributed by atoms with Crippen molar-refractivity contribution in [3.63, 3.8) is 0 Å². The van der Waals surface area contributed by atoms with Gasteiger partial charge in [0.25, 0.3) is 11.8 Å². The predicted molar refractivity (Wildman–Crippen MR) is 148 cm³/mol. The Morgan fingerprint density at radius 2 is 1.73 bits per heavy atom. The van der Waals surface area contributed by atoms with E-state index in [-0.39, 0.29) is 18.4 Å². The number of nitrogens with zero attached hydrogens (tertiary/aromatic N) is 2. The zero-order valence-corrected chi connectivity index (χ0v) is 22.2. The summed E-state index contributed by atoms with van der Waals surface area (Å²) in [4.78, 5) is 30.6. The number of carbonyl (C=O) groups excluding carboxylic acids is 2. The molecule has 37 heavy (non-hydrogen) atoms. The lowest BCUT2D eigenvalue weighted by atomic mass is 9.97. The van der Waals surface area contributed by atoms with Crippen molar-refractivity contribution >= 4 is 17.5 Å². The first-order valence-corrected chi connectivity index (χ1v) is 13.9. The smallest absolute Gasteiger partial charge is 0.264 e. The van der Waals surface area contributed by atoms with E-state index in [2.05, 4.69) is 22.6 Å². The number of carbonyl (C=O) groups is 2. The summed E-state index contributed by atoms with van der Waals surface area (Å²) >= 11 is 0. The lowest BCUT2D eigenvalue weighted by Gasteiger charge is -2.29. The molecule has 0 atom stereocenters. The minimum atomic E-state index is -0.0679. The standard InChI is InChI=1S/C30H42N4O3/c1-33-18-14-24(15-19-33)21-32-30(36)25-12-13-28-26(20-25)22-31-16-8-3-2-4-9-17-34(28)29(35)23-37-27-10-6-5-7-11-27/h5-7,10-13,20,24,31H,2-4,8-9,14-19,21-23H2,1H3,(H,32,36). The highest BCUT2D eigenvalue weighted by atomic mass is 16.5. The molecule has 2 aliphatic heterocycles. The Morgan fingerprint density at radius 3 is 2.54 bits per heavy atom. The zero-order chi connectivity index (χ0) is 25.9. The van der Waals surface area contributed by atoms with Gasteiger partial charge >= 0.3 is 0 Å². The van der Waals surface area contributed by atoms with Crippen LogP contribution < -0.4 is 20.3 Å². The van der Waals surface area contributed by atoms with Crippen molar-refractivity contribution in [2.75, 3.05) is 51.3 Å². The third kappa shape index (κ3) is 8.30. The van der Waals surface area contributed by atoms with Crippen molar-refractivity contribution in [3.8, 4) is 5.75 Å². The summed E-state index contributed by atoms with van der Waals surface area (Å²) in [5, 5.41) is 6.68. The van der Waals surface area contributed by atoms with E-state index in [4.69, 9.17) is 4.74 Å². The molecule has 2 amide bonds. The number of rotatable bonds is 6. The Morgan fingerprint density at radius 1 is 0.973 bits per heavy atom. The summed E-state index contributed by atoms with van der Waals surface area (Å²) in [6, 6.07) is 15.2. The highest BCUT2D eigenvalue weighted by Crippen LogP contribution is 2.25. The average Bonchev–Trinajstić information content (AvgIpc) is 2.92. The number of para-hydroxylation sites is 1. The molecular formula is C30H42N4O3. The minimum absolute atomic E-state index is 0.0182. The number of likely N-dealkylation sites (tertiary alicyclic amines) is 1. The van der Waals surface area contributed by atoms with Gasteiger partial charge < -0.3 is 25.2 Å². The molecule has 200 valence electrons. The van der Waals surface area contributed by atoms with Crippen LogP contribution in [-0.2, 0) is 11.3 Å². The van der Waals surface area contributed by atoms with Crippen molar-refractivity contribution in [1.29, 1.82) is 0 Å². The van der Waals surface area contributed by atoms with E-state index in [0.717, 1.165) is 63.0 Å². The molecule has 2 aliphatic rings. The second-order valence-corrected chi connectivity index (χ2v) is 10.4. The van der Waals surface area contributed by atoms with Crippen molar-refractivity contribution in [1.82, 2.24) is 15.5 Å². The van der Waals surface area contributed by atoms with Crippen LogP contribution in [0.1, 0.15) is 60.9 Å². The van der Waals surface area contributed by atoms with Gasteiger partial charge in [0.05, 0.1) is 0 Å². The van der Waals surface area contributed by atoms with Crippen LogP contribution in [0.4, 0.5) is 5.69 Å². The maximum Gasteiger partial charge on any atom is 0.264 e. The van der Waals surface area contributed by atoms with Gasteiger partial charge in [-0.3, -0.25) is 9.59 Å². The number of nitrogens with one attached hydrogen (secondary N) is 2. The lowest BCUT2D eigenvalue weighted by Crippen LogP contribution is -2.38. The first-order chi connectivity index (χ1) is 18.1. The fraction of sp³-hybridized carbons (Fsp3) is 0.533. The van der Waals surface area contributed by atoms with E-state index in [1.165, 1.54) is 12.8 Å². The van der Waals surface area contributed by atoms with E-state index in [9.17, 15) is 9.59 Å². The average molecular weight is 507 g/mol. The van der Waals surface area contributed by atoms with Crippen molar-refractivity contribution < 1.29 is 14.3 Å². The zero-order valence-electron chi connectivity index (χ0n) is 22.2. The molecule has 2 heterocycles. The Balaban J connectivity index is 1.48. The Kier molecular flexibility index (Phi) is 10.4. The topological polar surface area (TPSA) is 73.9 Å². The van der Waals surface area contributed by atoms with Crippen LogP contribution in [-0.4, -0.2) is 63.1 Å². The van der Waals surface area contributed by atoms with Crippen LogP contribution in [0.2, 0.25) is 0 Å². The van der Waals surface area contributed by atoms with E-state index >= 15 is 0 Å². The maximum atomic E-state index is 13.4. The van der Waals surface area contributed by atoms with Gasteiger partial charge in [-0.15, -0.1) is 0 Å². The van der Waals surface area contributed by atoms with Gasteiger partial charge in [-0.05, 0) is 94.2 Å². The van der Waals surface area contributed by atoms with Crippen molar-refractivity contribution in [2.24, 2.45) is 5.92 Å². The number of hydrogen-bond donors (Lipinski definition) is 2. The Labute approximate surface area is 221 Å². The molecule has 0 saturated carbocycles. The SMILES string of the molecule is CN1CCC(CNC(=O)c2ccc3c(c2)CNCCCCCCCN3C(=O)COc2ccccc2)CC1. The van der Waals surface area contributed by atoms with E-state index < -0.39 is 0 Å². The van der Waals surface area contributed by atoms with Crippen LogP contribution in [0.5, 0.6) is 5.75 Å². The third-order valence-corrected chi connectivity index (χ3v) is 7.48. The monoisotopic (exact) mass is 506 g/mol. The minimum Gasteiger partial charge on any atom is -0.484 e. The summed E-state index contributed by atoms with van der Waals surface area (Å²) in [5.74, 6) is 1.10. The summed E-state index contributed by atoms with van der Waals surface area (Å²) in [6.45, 7) is 5.06. The van der Waals surface area contributed by atoms with E-state index in [1.807, 2.05) is 53.4 Å². The highest BCUT2D eigenvalue weighted by Gasteiger charge is 2.22. The second kappa shape index (κ2) is 14.1. The van der Waals surface area contributed by atoms with Gasteiger partial charge in [-0.2, -0.15) is 0 Å². The first kappa shape index (κ1) is 27.1. The van der Waals surface area contributed by atoms with Crippen LogP contribution in [0.3, 0.4) is 0 Å². The van der Waals surface area contributed by atoms with E-state index in [0.29, 0.717) is 36.9 Å². The molecule has 7 heteroatoms. The molecule has 7 nitrogen and oxygen atoms in total. The van der Waals surface area contributed by atoms with Gasteiger partial charge in [0.1, 0.15) is 5.75 Å². The molecule has 1 fully saturated rings. The van der Waals surface area contributed by atoms with Crippen LogP contribution in [0.25, 0.3) is 0 Å². The van der Waals surface area contributed by atoms with Gasteiger partial charge in [0.2, 0.25) is 0 Å². The number of hydrogen-bond acceptors (Lipinski definition) is 5. The lowest BCUT2D eigenvalue weighted by molar-refractivity contribution is -0.120. The predicted octanol–water partition coefficient (Wildman–Crippen LogP) is 4.22. The molecule has 2 N–H and O–H groups in total. The fourth-order valence-corrected chi connectivity index (χ4v) is 5.13. The molecule has 0 aromatic heterocycles. The molecular weight excluding hydrogens is 464 g/mol. The second-order valence-electron chi connectivity index (χ2n) is 10.4. The van der Waals surface area contributed by atoms with Crippen molar-refractivity contribution in [2.45, 2.75) is 51.5 Å². The number of fused-ring (bicyclic) bond motifs is 1. The number of amides is 2. The Bertz CT molecular complexity index is 1010. The molecule has 0 unspecified atom stereocenters. The molecule has 0 aliphatic carbocycles. The van der Waals surface area contributed by atoms with E-state index in [1.54, 1.807) is 0 Å². The van der Waals surface area contributed by atoms with Gasteiger partial charge in [0.15, 0.2) is 6.61 Å². The van der Waals surface area contributed by atoms with Crippen molar-refractivity contribution in [3.05, 3.63) is 59.7 Å². The Hall–Kier alpha value is -2.90. The molecule has 0 radical (unpaired) electrons. The normalized spacial score (nSPS) is 18.2. The molecule has 2 aromatic rings. The molecule has 2 aromatic carbocycles. The summed E-state index contributed by atoms with van der Waals surface area (Å²) in [6.07, 6.45) is 7.77. The molecule has 4 rings (SSSR count). The number of benzene rings is 2. The summed E-state index contributed by atoms with van der Waals surface area (Å²) < 4.78 is 5.79. The molecule has 0 spiro atoms. The quantitative estimate of drug-likeness (QED) is 0.614. The number of piperidine rings is 1. The van der Waals surface area contributed by atoms with Crippen LogP contribution >= 0.6 is 0 Å².